The number of carbonyl (C=O) groups is 2. The molecule has 4 N–H and O–H groups in total. The summed E-state index contributed by atoms with van der Waals surface area (Å²) >= 11 is 0. The molecule has 0 aliphatic rings. The van der Waals surface area contributed by atoms with Crippen molar-refractivity contribution in [2.75, 3.05) is 26.9 Å². The highest BCUT2D eigenvalue weighted by atomic mass is 19.1. The number of terminal acetylenes is 1. The predicted octanol–water partition coefficient (Wildman–Crippen LogP) is 5.45. The molecule has 0 radical (unpaired) electrons. The van der Waals surface area contributed by atoms with E-state index < -0.39 is 0 Å². The molecule has 0 aliphatic carbocycles. The molecule has 0 aliphatic heterocycles. The highest BCUT2D eigenvalue weighted by Gasteiger charge is 2.16. The Labute approximate surface area is 248 Å². The monoisotopic (exact) mass is 567 g/mol. The van der Waals surface area contributed by atoms with Crippen molar-refractivity contribution in [3.8, 4) is 23.5 Å². The first-order valence-electron chi connectivity index (χ1n) is 13.2. The molecule has 0 unspecified atom stereocenters. The van der Waals surface area contributed by atoms with Crippen molar-refractivity contribution in [1.29, 1.82) is 0 Å². The van der Waals surface area contributed by atoms with Gasteiger partial charge < -0.3 is 21.3 Å². The summed E-state index contributed by atoms with van der Waals surface area (Å²) in [5, 5.41) is 6.23. The molecule has 218 valence electrons. The Morgan fingerprint density at radius 1 is 1.14 bits per heavy atom. The first-order chi connectivity index (χ1) is 20.0. The van der Waals surface area contributed by atoms with E-state index in [0.717, 1.165) is 22.3 Å². The average molecular weight is 568 g/mol. The summed E-state index contributed by atoms with van der Waals surface area (Å²) in [6.07, 6.45) is 11.0. The van der Waals surface area contributed by atoms with Gasteiger partial charge in [0, 0.05) is 29.6 Å². The number of hydrogen-bond donors (Lipinski definition) is 3. The molecule has 0 bridgehead atoms. The minimum atomic E-state index is -0.354. The topological polar surface area (TPSA) is 100 Å². The van der Waals surface area contributed by atoms with Gasteiger partial charge in [-0.15, -0.1) is 6.42 Å². The number of nitrogens with two attached hydrogens (primary N) is 1. The second kappa shape index (κ2) is 16.3. The third kappa shape index (κ3) is 10.2. The van der Waals surface area contributed by atoms with Gasteiger partial charge in [0.1, 0.15) is 11.6 Å². The summed E-state index contributed by atoms with van der Waals surface area (Å²) in [7, 11) is 6.00. The number of nitrogen functional groups attached to an aromatic ring is 1. The molecule has 1 atom stereocenters. The van der Waals surface area contributed by atoms with Gasteiger partial charge in [-0.3, -0.25) is 9.59 Å². The van der Waals surface area contributed by atoms with Crippen LogP contribution in [0.5, 0.6) is 0 Å². The van der Waals surface area contributed by atoms with E-state index in [2.05, 4.69) is 28.1 Å². The lowest BCUT2D eigenvalue weighted by atomic mass is 10.0. The summed E-state index contributed by atoms with van der Waals surface area (Å²) in [5.74, 6) is 2.03. The first-order valence-corrected chi connectivity index (χ1v) is 13.2. The van der Waals surface area contributed by atoms with Crippen LogP contribution in [0.4, 0.5) is 10.2 Å². The first kappa shape index (κ1) is 33.2. The van der Waals surface area contributed by atoms with Crippen molar-refractivity contribution in [2.24, 2.45) is 0 Å². The van der Waals surface area contributed by atoms with Crippen LogP contribution >= 0.6 is 0 Å². The Morgan fingerprint density at radius 3 is 2.31 bits per heavy atom. The maximum Gasteiger partial charge on any atom is 0.253 e. The number of benzene rings is 2. The zero-order valence-corrected chi connectivity index (χ0v) is 24.7. The van der Waals surface area contributed by atoms with E-state index in [4.69, 9.17) is 12.2 Å². The largest absolute Gasteiger partial charge is 0.384 e. The van der Waals surface area contributed by atoms with Gasteiger partial charge in [-0.25, -0.2) is 9.37 Å². The molecular weight excluding hydrogens is 529 g/mol. The molecule has 0 spiro atoms. The van der Waals surface area contributed by atoms with Crippen molar-refractivity contribution in [3.05, 3.63) is 119 Å². The molecule has 0 fully saturated rings. The second-order valence-electron chi connectivity index (χ2n) is 9.94. The van der Waals surface area contributed by atoms with Gasteiger partial charge in [0.15, 0.2) is 6.29 Å². The Balaban J connectivity index is 0.00000144. The number of nitrogens with one attached hydrogen (secondary N) is 2. The number of pyridine rings is 1. The van der Waals surface area contributed by atoms with Crippen molar-refractivity contribution >= 4 is 18.0 Å². The maximum atomic E-state index is 13.3. The smallest absolute Gasteiger partial charge is 0.253 e. The standard InChI is InChI=1S/C31H29FN4O2.C3H9N/c1-5-22(6-2)15-29(31(38)36-20(3)24-11-13-28(32)14-12-24)21(4)34-17-23-7-9-25(10-8-23)26-16-27(19-37)30(33)35-18-26;1-4(2)3/h1,6-16,18-20,34H,2,17H2,3-4H3,(H2,33,35)(H,36,38);1-3H3/b22-15-,29-21-;/t20-;/m0./s1. The fourth-order valence-corrected chi connectivity index (χ4v) is 3.66. The quantitative estimate of drug-likeness (QED) is 0.130. The number of carbonyl (C=O) groups excluding carboxylic acids is 2. The van der Waals surface area contributed by atoms with Gasteiger partial charge in [-0.2, -0.15) is 0 Å². The summed E-state index contributed by atoms with van der Waals surface area (Å²) in [5.41, 5.74) is 10.9. The number of anilines is 1. The Hall–Kier alpha value is -5.00. The lowest BCUT2D eigenvalue weighted by Gasteiger charge is -2.17. The zero-order chi connectivity index (χ0) is 31.2. The molecular formula is C34H38FN5O2. The molecule has 0 saturated heterocycles. The van der Waals surface area contributed by atoms with E-state index in [1.807, 2.05) is 57.2 Å². The summed E-state index contributed by atoms with van der Waals surface area (Å²) in [4.78, 5) is 30.5. The van der Waals surface area contributed by atoms with Crippen LogP contribution in [0.2, 0.25) is 0 Å². The molecule has 7 nitrogen and oxygen atoms in total. The van der Waals surface area contributed by atoms with Gasteiger partial charge >= 0.3 is 0 Å². The SMILES string of the molecule is C#C/C(C=C)=C/C(C(=O)N[C@@H](C)c1ccc(F)cc1)=C(\C)NCc1ccc(-c2cnc(N)c(C=O)c2)cc1.CN(C)C. The minimum Gasteiger partial charge on any atom is -0.384 e. The fourth-order valence-electron chi connectivity index (χ4n) is 3.66. The van der Waals surface area contributed by atoms with Gasteiger partial charge in [-0.05, 0) is 76.0 Å². The van der Waals surface area contributed by atoms with Crippen LogP contribution < -0.4 is 16.4 Å². The predicted molar refractivity (Wildman–Crippen MR) is 169 cm³/mol. The molecule has 0 saturated carbocycles. The van der Waals surface area contributed by atoms with E-state index in [1.54, 1.807) is 37.4 Å². The summed E-state index contributed by atoms with van der Waals surface area (Å²) in [6.45, 7) is 7.77. The number of halogens is 1. The Kier molecular flexibility index (Phi) is 12.9. The molecule has 1 amide bonds. The van der Waals surface area contributed by atoms with E-state index in [0.29, 0.717) is 35.2 Å². The highest BCUT2D eigenvalue weighted by Crippen LogP contribution is 2.22. The van der Waals surface area contributed by atoms with Crippen LogP contribution in [0.1, 0.15) is 41.4 Å². The molecule has 3 rings (SSSR count). The molecule has 8 heteroatoms. The van der Waals surface area contributed by atoms with Crippen LogP contribution in [-0.4, -0.2) is 43.2 Å². The molecule has 1 aromatic heterocycles. The number of amides is 1. The van der Waals surface area contributed by atoms with Gasteiger partial charge in [-0.1, -0.05) is 55.0 Å². The van der Waals surface area contributed by atoms with Crippen molar-refractivity contribution < 1.29 is 14.0 Å². The zero-order valence-electron chi connectivity index (χ0n) is 24.7. The molecule has 1 heterocycles. The van der Waals surface area contributed by atoms with Crippen LogP contribution in [0.15, 0.2) is 96.4 Å². The second-order valence-corrected chi connectivity index (χ2v) is 9.94. The number of hydrogen-bond acceptors (Lipinski definition) is 6. The third-order valence-corrected chi connectivity index (χ3v) is 5.97. The van der Waals surface area contributed by atoms with Gasteiger partial charge in [0.2, 0.25) is 0 Å². The Bertz CT molecular complexity index is 1480. The highest BCUT2D eigenvalue weighted by molar-refractivity contribution is 5.97. The minimum absolute atomic E-state index is 0.192. The average Bonchev–Trinajstić information content (AvgIpc) is 2.97. The Morgan fingerprint density at radius 2 is 1.76 bits per heavy atom. The number of allylic oxidation sites excluding steroid dienone is 3. The van der Waals surface area contributed by atoms with E-state index >= 15 is 0 Å². The summed E-state index contributed by atoms with van der Waals surface area (Å²) < 4.78 is 13.3. The van der Waals surface area contributed by atoms with Gasteiger partial charge in [0.05, 0.1) is 17.2 Å². The van der Waals surface area contributed by atoms with Gasteiger partial charge in [0.25, 0.3) is 5.91 Å². The van der Waals surface area contributed by atoms with Crippen LogP contribution in [-0.2, 0) is 11.3 Å². The number of rotatable bonds is 10. The van der Waals surface area contributed by atoms with Crippen LogP contribution in [0, 0.1) is 18.2 Å². The number of aromatic nitrogens is 1. The van der Waals surface area contributed by atoms with Crippen LogP contribution in [0.3, 0.4) is 0 Å². The maximum absolute atomic E-state index is 13.3. The molecule has 42 heavy (non-hydrogen) atoms. The van der Waals surface area contributed by atoms with E-state index in [-0.39, 0.29) is 23.6 Å². The van der Waals surface area contributed by atoms with Crippen LogP contribution in [0.25, 0.3) is 11.1 Å². The molecule has 3 aromatic rings. The molecule has 2 aromatic carbocycles. The van der Waals surface area contributed by atoms with E-state index in [1.165, 1.54) is 18.2 Å². The fraction of sp³-hybridized carbons (Fsp3) is 0.206. The normalized spacial score (nSPS) is 12.2. The van der Waals surface area contributed by atoms with Crippen molar-refractivity contribution in [2.45, 2.75) is 26.4 Å². The third-order valence-electron chi connectivity index (χ3n) is 5.97. The van der Waals surface area contributed by atoms with Crippen molar-refractivity contribution in [3.63, 3.8) is 0 Å². The number of aldehydes is 1. The number of nitrogens with zero attached hydrogens (tertiary/aromatic N) is 2. The lowest BCUT2D eigenvalue weighted by molar-refractivity contribution is -0.117. The summed E-state index contributed by atoms with van der Waals surface area (Å²) in [6, 6.07) is 15.0. The van der Waals surface area contributed by atoms with Crippen molar-refractivity contribution in [1.82, 2.24) is 20.5 Å². The van der Waals surface area contributed by atoms with E-state index in [9.17, 15) is 14.0 Å². The lowest BCUT2D eigenvalue weighted by Crippen LogP contribution is -2.29.